The van der Waals surface area contributed by atoms with E-state index in [1.807, 2.05) is 75.4 Å². The van der Waals surface area contributed by atoms with E-state index in [0.29, 0.717) is 0 Å². The third-order valence-corrected chi connectivity index (χ3v) is 10.1. The molecule has 34 heavy (non-hydrogen) atoms. The summed E-state index contributed by atoms with van der Waals surface area (Å²) in [5.74, 6) is 0.374. The van der Waals surface area contributed by atoms with Crippen LogP contribution in [0.3, 0.4) is 0 Å². The van der Waals surface area contributed by atoms with Gasteiger partial charge in [0.2, 0.25) is 0 Å². The van der Waals surface area contributed by atoms with Crippen LogP contribution in [0.5, 0.6) is 5.75 Å². The molecule has 0 aromatic heterocycles. The van der Waals surface area contributed by atoms with Crippen LogP contribution in [0, 0.1) is 0 Å². The van der Waals surface area contributed by atoms with E-state index in [9.17, 15) is 4.79 Å². The van der Waals surface area contributed by atoms with Gasteiger partial charge in [-0.15, -0.1) is 0 Å². The molecule has 0 radical (unpaired) electrons. The zero-order valence-electron chi connectivity index (χ0n) is 19.9. The minimum Gasteiger partial charge on any atom is -0.484 e. The molecule has 6 heteroatoms. The van der Waals surface area contributed by atoms with Gasteiger partial charge in [0.15, 0.2) is 0 Å². The molecule has 1 aliphatic rings. The number of benzene rings is 3. The SMILES string of the molecule is CC(C)(C)OC(=O)/C=C/[C@H]1Oc2ccccc2[C@@]1(C)NP(=S)(c1ccccc1)c1ccccc1. The number of ether oxygens (including phenoxy) is 2. The molecule has 0 fully saturated rings. The van der Waals surface area contributed by atoms with E-state index in [2.05, 4.69) is 42.3 Å². The standard InChI is InChI=1S/C28H30NO3PS/c1-27(2,3)32-26(30)20-19-25-28(4,23-17-11-12-18-24(23)31-25)29-33(34,21-13-7-5-8-14-21)22-15-9-6-10-16-22/h5-20,25H,1-4H3,(H,29,34)/b20-19+/t25-,28-/m1/s1. The molecule has 0 bridgehead atoms. The molecular formula is C28H30NO3PS. The first-order valence-corrected chi connectivity index (χ1v) is 14.1. The first kappa shape index (κ1) is 24.4. The number of nitrogens with one attached hydrogen (secondary N) is 1. The Morgan fingerprint density at radius 3 is 2.06 bits per heavy atom. The van der Waals surface area contributed by atoms with E-state index in [1.165, 1.54) is 6.08 Å². The van der Waals surface area contributed by atoms with E-state index in [-0.39, 0.29) is 0 Å². The molecule has 2 atom stereocenters. The molecule has 1 heterocycles. The lowest BCUT2D eigenvalue weighted by Crippen LogP contribution is -2.48. The highest BCUT2D eigenvalue weighted by Gasteiger charge is 2.47. The Labute approximate surface area is 207 Å². The lowest BCUT2D eigenvalue weighted by molar-refractivity contribution is -0.148. The fraction of sp³-hybridized carbons (Fsp3) is 0.250. The molecular weight excluding hydrogens is 461 g/mol. The van der Waals surface area contributed by atoms with Gasteiger partial charge in [0.1, 0.15) is 17.5 Å². The summed E-state index contributed by atoms with van der Waals surface area (Å²) in [6.07, 6.45) is 0.318. The lowest BCUT2D eigenvalue weighted by atomic mass is 9.89. The molecule has 0 amide bonds. The molecule has 0 spiro atoms. The highest BCUT2D eigenvalue weighted by Crippen LogP contribution is 2.50. The van der Waals surface area contributed by atoms with Gasteiger partial charge in [0.05, 0.1) is 11.7 Å². The van der Waals surface area contributed by atoms with Crippen LogP contribution in [0.4, 0.5) is 0 Å². The number of fused-ring (bicyclic) bond motifs is 1. The summed E-state index contributed by atoms with van der Waals surface area (Å²) in [5.41, 5.74) is -0.226. The molecule has 1 aliphatic heterocycles. The summed E-state index contributed by atoms with van der Waals surface area (Å²) in [7, 11) is 0. The molecule has 3 aromatic rings. The summed E-state index contributed by atoms with van der Waals surface area (Å²) < 4.78 is 11.8. The molecule has 0 aliphatic carbocycles. The van der Waals surface area contributed by atoms with Gasteiger partial charge in [-0.3, -0.25) is 5.09 Å². The van der Waals surface area contributed by atoms with Crippen molar-refractivity contribution in [1.29, 1.82) is 0 Å². The predicted octanol–water partition coefficient (Wildman–Crippen LogP) is 5.20. The third-order valence-electron chi connectivity index (χ3n) is 5.71. The highest BCUT2D eigenvalue weighted by molar-refractivity contribution is 8.20. The van der Waals surface area contributed by atoms with Crippen molar-refractivity contribution >= 4 is 34.6 Å². The fourth-order valence-corrected chi connectivity index (χ4v) is 8.09. The summed E-state index contributed by atoms with van der Waals surface area (Å²) >= 11 is 6.46. The first-order chi connectivity index (χ1) is 16.1. The van der Waals surface area contributed by atoms with Crippen LogP contribution in [0.2, 0.25) is 0 Å². The molecule has 176 valence electrons. The smallest absolute Gasteiger partial charge is 0.331 e. The first-order valence-electron chi connectivity index (χ1n) is 11.3. The largest absolute Gasteiger partial charge is 0.484 e. The van der Waals surface area contributed by atoms with Crippen molar-refractivity contribution in [2.75, 3.05) is 0 Å². The Bertz CT molecular complexity index is 1190. The van der Waals surface area contributed by atoms with Gasteiger partial charge in [0.25, 0.3) is 0 Å². The van der Waals surface area contributed by atoms with Gasteiger partial charge < -0.3 is 9.47 Å². The Kier molecular flexibility index (Phi) is 6.82. The Balaban J connectivity index is 1.78. The number of hydrogen-bond acceptors (Lipinski definition) is 4. The Morgan fingerprint density at radius 1 is 0.971 bits per heavy atom. The van der Waals surface area contributed by atoms with Crippen LogP contribution < -0.4 is 20.4 Å². The van der Waals surface area contributed by atoms with E-state index in [0.717, 1.165) is 21.9 Å². The molecule has 0 unspecified atom stereocenters. The second-order valence-corrected chi connectivity index (χ2v) is 13.6. The van der Waals surface area contributed by atoms with Crippen molar-refractivity contribution in [2.24, 2.45) is 0 Å². The predicted molar refractivity (Wildman–Crippen MR) is 143 cm³/mol. The molecule has 1 N–H and O–H groups in total. The number of rotatable bonds is 6. The van der Waals surface area contributed by atoms with E-state index in [1.54, 1.807) is 6.08 Å². The topological polar surface area (TPSA) is 47.6 Å². The monoisotopic (exact) mass is 491 g/mol. The minimum atomic E-state index is -2.46. The van der Waals surface area contributed by atoms with Crippen molar-refractivity contribution in [2.45, 2.75) is 44.9 Å². The minimum absolute atomic E-state index is 0.403. The number of carbonyl (C=O) groups excluding carboxylic acids is 1. The molecule has 4 rings (SSSR count). The zero-order chi connectivity index (χ0) is 24.4. The van der Waals surface area contributed by atoms with E-state index < -0.39 is 29.4 Å². The van der Waals surface area contributed by atoms with Crippen LogP contribution in [-0.4, -0.2) is 17.7 Å². The van der Waals surface area contributed by atoms with Gasteiger partial charge in [-0.2, -0.15) is 0 Å². The van der Waals surface area contributed by atoms with Crippen LogP contribution in [0.15, 0.2) is 97.1 Å². The maximum atomic E-state index is 12.4. The summed E-state index contributed by atoms with van der Waals surface area (Å²) in [5, 5.41) is 6.01. The quantitative estimate of drug-likeness (QED) is 0.292. The van der Waals surface area contributed by atoms with Gasteiger partial charge in [0, 0.05) is 22.2 Å². The van der Waals surface area contributed by atoms with Crippen molar-refractivity contribution in [3.63, 3.8) is 0 Å². The number of carbonyl (C=O) groups is 1. The van der Waals surface area contributed by atoms with Crippen molar-refractivity contribution < 1.29 is 14.3 Å². The number of esters is 1. The van der Waals surface area contributed by atoms with Crippen molar-refractivity contribution in [3.8, 4) is 5.75 Å². The van der Waals surface area contributed by atoms with Crippen molar-refractivity contribution in [1.82, 2.24) is 5.09 Å². The molecule has 3 aromatic carbocycles. The zero-order valence-corrected chi connectivity index (χ0v) is 21.6. The number of hydrogen-bond donors (Lipinski definition) is 1. The Morgan fingerprint density at radius 2 is 1.50 bits per heavy atom. The fourth-order valence-electron chi connectivity index (χ4n) is 4.14. The normalized spacial score (nSPS) is 20.1. The maximum Gasteiger partial charge on any atom is 0.331 e. The molecule has 4 nitrogen and oxygen atoms in total. The van der Waals surface area contributed by atoms with Gasteiger partial charge in [-0.05, 0) is 39.8 Å². The van der Waals surface area contributed by atoms with Gasteiger partial charge in [-0.1, -0.05) is 90.7 Å². The van der Waals surface area contributed by atoms with Crippen molar-refractivity contribution in [3.05, 3.63) is 103 Å². The lowest BCUT2D eigenvalue weighted by Gasteiger charge is -2.37. The summed E-state index contributed by atoms with van der Waals surface area (Å²) in [6.45, 7) is 7.64. The third kappa shape index (κ3) is 5.02. The highest BCUT2D eigenvalue weighted by atomic mass is 32.4. The molecule has 0 saturated heterocycles. The average Bonchev–Trinajstić information content (AvgIpc) is 3.09. The second-order valence-electron chi connectivity index (χ2n) is 9.52. The molecule has 0 saturated carbocycles. The van der Waals surface area contributed by atoms with E-state index >= 15 is 0 Å². The summed E-state index contributed by atoms with van der Waals surface area (Å²) in [6, 6.07) is 28.3. The van der Waals surface area contributed by atoms with Crippen LogP contribution >= 0.6 is 6.19 Å². The van der Waals surface area contributed by atoms with E-state index in [4.69, 9.17) is 21.3 Å². The van der Waals surface area contributed by atoms with Crippen LogP contribution in [0.1, 0.15) is 33.3 Å². The van der Waals surface area contributed by atoms with Gasteiger partial charge in [-0.25, -0.2) is 4.79 Å². The second kappa shape index (κ2) is 9.50. The van der Waals surface area contributed by atoms with Crippen LogP contribution in [-0.2, 0) is 26.9 Å². The summed E-state index contributed by atoms with van der Waals surface area (Å²) in [4.78, 5) is 12.4. The Hall–Kier alpha value is -2.72. The van der Waals surface area contributed by atoms with Gasteiger partial charge >= 0.3 is 5.97 Å². The number of para-hydroxylation sites is 1. The average molecular weight is 492 g/mol. The van der Waals surface area contributed by atoms with Crippen LogP contribution in [0.25, 0.3) is 0 Å². The maximum absolute atomic E-state index is 12.4.